The minimum Gasteiger partial charge on any atom is -0.356 e. The third-order valence-corrected chi connectivity index (χ3v) is 7.71. The van der Waals surface area contributed by atoms with E-state index in [1.54, 1.807) is 0 Å². The maximum absolute atomic E-state index is 4.76. The second-order valence-corrected chi connectivity index (χ2v) is 10.3. The van der Waals surface area contributed by atoms with E-state index < -0.39 is 0 Å². The minimum atomic E-state index is 0.737. The first-order valence-electron chi connectivity index (χ1n) is 13.9. The normalized spacial score (nSPS) is 20.6. The Hall–Kier alpha value is -1.44. The van der Waals surface area contributed by atoms with Gasteiger partial charge >= 0.3 is 0 Å². The van der Waals surface area contributed by atoms with Gasteiger partial charge in [0.2, 0.25) is 5.95 Å². The van der Waals surface area contributed by atoms with E-state index >= 15 is 0 Å². The van der Waals surface area contributed by atoms with Crippen molar-refractivity contribution in [1.82, 2.24) is 25.5 Å². The Morgan fingerprint density at radius 3 is 1.94 bits per heavy atom. The average Bonchev–Trinajstić information content (AvgIpc) is 3.41. The summed E-state index contributed by atoms with van der Waals surface area (Å²) in [5.74, 6) is 1.83. The van der Waals surface area contributed by atoms with Gasteiger partial charge in [0, 0.05) is 70.6 Å². The van der Waals surface area contributed by atoms with Gasteiger partial charge in [-0.05, 0) is 44.6 Å². The van der Waals surface area contributed by atoms with Crippen molar-refractivity contribution in [1.29, 1.82) is 0 Å². The number of nitrogens with zero attached hydrogens (tertiary/aromatic N) is 4. The van der Waals surface area contributed by atoms with Gasteiger partial charge in [0.1, 0.15) is 5.82 Å². The molecule has 3 fully saturated rings. The highest BCUT2D eigenvalue weighted by molar-refractivity contribution is 5.43. The zero-order valence-electron chi connectivity index (χ0n) is 20.7. The van der Waals surface area contributed by atoms with E-state index in [-0.39, 0.29) is 0 Å². The molecule has 3 aliphatic rings. The first-order valence-corrected chi connectivity index (χ1v) is 13.9. The Morgan fingerprint density at radius 1 is 0.758 bits per heavy atom. The van der Waals surface area contributed by atoms with Gasteiger partial charge in [0.15, 0.2) is 0 Å². The van der Waals surface area contributed by atoms with E-state index in [1.165, 1.54) is 77.0 Å². The van der Waals surface area contributed by atoms with Crippen molar-refractivity contribution in [3.05, 3.63) is 12.3 Å². The minimum absolute atomic E-state index is 0.737. The number of nitrogens with one attached hydrogen (secondary N) is 3. The third kappa shape index (κ3) is 8.69. The van der Waals surface area contributed by atoms with Gasteiger partial charge in [-0.2, -0.15) is 4.98 Å². The van der Waals surface area contributed by atoms with Gasteiger partial charge in [-0.1, -0.05) is 38.5 Å². The van der Waals surface area contributed by atoms with Crippen LogP contribution >= 0.6 is 0 Å². The summed E-state index contributed by atoms with van der Waals surface area (Å²) in [5, 5.41) is 11.1. The van der Waals surface area contributed by atoms with Crippen molar-refractivity contribution in [2.24, 2.45) is 0 Å². The molecule has 1 aromatic rings. The van der Waals surface area contributed by atoms with E-state index in [2.05, 4.69) is 30.7 Å². The summed E-state index contributed by atoms with van der Waals surface area (Å²) in [6, 6.07) is 3.51. The lowest BCUT2D eigenvalue weighted by Gasteiger charge is -2.28. The molecule has 1 saturated heterocycles. The van der Waals surface area contributed by atoms with Crippen molar-refractivity contribution < 1.29 is 0 Å². The van der Waals surface area contributed by atoms with E-state index in [1.807, 2.05) is 12.3 Å². The number of rotatable bonds is 13. The topological polar surface area (TPSA) is 68.4 Å². The zero-order chi connectivity index (χ0) is 22.6. The Balaban J connectivity index is 1.20. The first-order chi connectivity index (χ1) is 16.4. The molecule has 0 radical (unpaired) electrons. The maximum atomic E-state index is 4.76. The highest BCUT2D eigenvalue weighted by atomic mass is 15.2. The largest absolute Gasteiger partial charge is 0.356 e. The first kappa shape index (κ1) is 24.7. The molecule has 0 aromatic carbocycles. The molecule has 7 nitrogen and oxygen atoms in total. The van der Waals surface area contributed by atoms with Crippen LogP contribution in [0.1, 0.15) is 77.0 Å². The van der Waals surface area contributed by atoms with Crippen molar-refractivity contribution in [3.63, 3.8) is 0 Å². The van der Waals surface area contributed by atoms with Crippen molar-refractivity contribution in [3.8, 4) is 0 Å². The Labute approximate surface area is 201 Å². The lowest BCUT2D eigenvalue weighted by atomic mass is 9.95. The van der Waals surface area contributed by atoms with E-state index in [0.29, 0.717) is 0 Å². The van der Waals surface area contributed by atoms with Crippen molar-refractivity contribution in [2.75, 3.05) is 62.6 Å². The molecule has 33 heavy (non-hydrogen) atoms. The molecule has 7 heteroatoms. The van der Waals surface area contributed by atoms with Crippen LogP contribution in [-0.2, 0) is 0 Å². The quantitative estimate of drug-likeness (QED) is 0.418. The van der Waals surface area contributed by atoms with Gasteiger partial charge in [-0.3, -0.25) is 4.90 Å². The van der Waals surface area contributed by atoms with Crippen LogP contribution in [0.15, 0.2) is 12.3 Å². The molecule has 0 atom stereocenters. The van der Waals surface area contributed by atoms with Crippen LogP contribution in [0.3, 0.4) is 0 Å². The van der Waals surface area contributed by atoms with Gasteiger partial charge in [-0.25, -0.2) is 4.98 Å². The Kier molecular flexibility index (Phi) is 10.5. The lowest BCUT2D eigenvalue weighted by molar-refractivity contribution is 0.259. The summed E-state index contributed by atoms with van der Waals surface area (Å²) in [4.78, 5) is 14.2. The number of aromatic nitrogens is 2. The molecule has 0 amide bonds. The Morgan fingerprint density at radius 2 is 1.33 bits per heavy atom. The van der Waals surface area contributed by atoms with Crippen LogP contribution in [0.2, 0.25) is 0 Å². The molecule has 2 heterocycles. The summed E-state index contributed by atoms with van der Waals surface area (Å²) >= 11 is 0. The fourth-order valence-electron chi connectivity index (χ4n) is 5.68. The molecule has 186 valence electrons. The molecular weight excluding hydrogens is 410 g/mol. The molecule has 2 aliphatic carbocycles. The van der Waals surface area contributed by atoms with Gasteiger partial charge in [0.05, 0.1) is 0 Å². The van der Waals surface area contributed by atoms with E-state index in [0.717, 1.165) is 76.2 Å². The van der Waals surface area contributed by atoms with Crippen LogP contribution in [0.5, 0.6) is 0 Å². The van der Waals surface area contributed by atoms with Crippen molar-refractivity contribution >= 4 is 11.8 Å². The van der Waals surface area contributed by atoms with E-state index in [9.17, 15) is 0 Å². The monoisotopic (exact) mass is 457 g/mol. The van der Waals surface area contributed by atoms with Crippen LogP contribution in [-0.4, -0.2) is 79.3 Å². The fraction of sp³-hybridized carbons (Fsp3) is 0.846. The van der Waals surface area contributed by atoms with Crippen LogP contribution in [0.4, 0.5) is 11.8 Å². The number of hydrogen-bond acceptors (Lipinski definition) is 7. The predicted octanol–water partition coefficient (Wildman–Crippen LogP) is 3.64. The molecule has 2 saturated carbocycles. The molecule has 4 rings (SSSR count). The maximum Gasteiger partial charge on any atom is 0.224 e. The highest BCUT2D eigenvalue weighted by Crippen LogP contribution is 2.19. The summed E-state index contributed by atoms with van der Waals surface area (Å²) in [6.45, 7) is 8.55. The highest BCUT2D eigenvalue weighted by Gasteiger charge is 2.16. The molecular formula is C26H47N7. The van der Waals surface area contributed by atoms with Gasteiger partial charge in [0.25, 0.3) is 0 Å². The fourth-order valence-corrected chi connectivity index (χ4v) is 5.68. The molecule has 1 aliphatic heterocycles. The SMILES string of the molecule is c1cc(N2CCCC2)nc(NCCN(CCNC2CCCCC2)CCNC2CCCCC2)n1. The summed E-state index contributed by atoms with van der Waals surface area (Å²) < 4.78 is 0. The summed E-state index contributed by atoms with van der Waals surface area (Å²) in [7, 11) is 0. The molecule has 0 bridgehead atoms. The number of anilines is 2. The van der Waals surface area contributed by atoms with Gasteiger partial charge < -0.3 is 20.9 Å². The van der Waals surface area contributed by atoms with Crippen LogP contribution < -0.4 is 20.9 Å². The zero-order valence-corrected chi connectivity index (χ0v) is 20.7. The Bertz CT molecular complexity index is 628. The van der Waals surface area contributed by atoms with Gasteiger partial charge in [-0.15, -0.1) is 0 Å². The lowest BCUT2D eigenvalue weighted by Crippen LogP contribution is -2.43. The molecule has 3 N–H and O–H groups in total. The third-order valence-electron chi connectivity index (χ3n) is 7.71. The predicted molar refractivity (Wildman–Crippen MR) is 138 cm³/mol. The van der Waals surface area contributed by atoms with Crippen LogP contribution in [0.25, 0.3) is 0 Å². The standard InChI is InChI=1S/C26H47N7/c1-3-9-23(10-4-1)27-15-20-32(21-16-28-24-11-5-2-6-12-24)22-17-30-26-29-14-13-25(31-26)33-18-7-8-19-33/h13-14,23-24,27-28H,1-12,15-22H2,(H,29,30,31). The second-order valence-electron chi connectivity index (χ2n) is 10.3. The van der Waals surface area contributed by atoms with E-state index in [4.69, 9.17) is 4.98 Å². The molecule has 1 aromatic heterocycles. The molecule has 0 spiro atoms. The second kappa shape index (κ2) is 14.1. The smallest absolute Gasteiger partial charge is 0.224 e. The average molecular weight is 458 g/mol. The van der Waals surface area contributed by atoms with Crippen LogP contribution in [0, 0.1) is 0 Å². The number of hydrogen-bond donors (Lipinski definition) is 3. The summed E-state index contributed by atoms with van der Waals surface area (Å²) in [6.07, 6.45) is 18.3. The molecule has 0 unspecified atom stereocenters. The summed E-state index contributed by atoms with van der Waals surface area (Å²) in [5.41, 5.74) is 0. The van der Waals surface area contributed by atoms with Crippen molar-refractivity contribution in [2.45, 2.75) is 89.1 Å².